The van der Waals surface area contributed by atoms with Gasteiger partial charge < -0.3 is 15.4 Å². The van der Waals surface area contributed by atoms with Gasteiger partial charge in [0, 0.05) is 17.3 Å². The number of nitrogens with one attached hydrogen (secondary N) is 2. The molecule has 0 saturated heterocycles. The second-order valence-electron chi connectivity index (χ2n) is 5.69. The van der Waals surface area contributed by atoms with Gasteiger partial charge in [-0.05, 0) is 38.8 Å². The molecule has 0 radical (unpaired) electrons. The Kier molecular flexibility index (Phi) is 3.92. The highest BCUT2D eigenvalue weighted by molar-refractivity contribution is 6.02. The number of benzene rings is 1. The maximum atomic E-state index is 11.8. The number of amides is 1. The van der Waals surface area contributed by atoms with Crippen LogP contribution in [0.5, 0.6) is 5.75 Å². The number of likely N-dealkylation sites (N-methyl/N-ethyl adjacent to an activating group) is 1. The Morgan fingerprint density at radius 2 is 1.95 bits per heavy atom. The van der Waals surface area contributed by atoms with Crippen LogP contribution in [0.25, 0.3) is 0 Å². The van der Waals surface area contributed by atoms with Crippen molar-refractivity contribution < 1.29 is 9.53 Å². The van der Waals surface area contributed by atoms with Crippen molar-refractivity contribution >= 4 is 11.6 Å². The number of ether oxygens (including phenoxy) is 1. The summed E-state index contributed by atoms with van der Waals surface area (Å²) in [7, 11) is 1.80. The topological polar surface area (TPSA) is 50.4 Å². The van der Waals surface area contributed by atoms with Crippen LogP contribution in [0, 0.1) is 0 Å². The van der Waals surface area contributed by atoms with E-state index in [0.717, 1.165) is 29.8 Å². The zero-order valence-corrected chi connectivity index (χ0v) is 11.9. The van der Waals surface area contributed by atoms with Gasteiger partial charge in [-0.25, -0.2) is 0 Å². The number of hydrogen-bond acceptors (Lipinski definition) is 3. The van der Waals surface area contributed by atoms with Gasteiger partial charge in [0.2, 0.25) is 5.91 Å². The van der Waals surface area contributed by atoms with E-state index in [2.05, 4.69) is 10.6 Å². The van der Waals surface area contributed by atoms with Crippen LogP contribution in [0.2, 0.25) is 0 Å². The van der Waals surface area contributed by atoms with Gasteiger partial charge in [0.15, 0.2) is 0 Å². The Balaban J connectivity index is 1.73. The number of fused-ring (bicyclic) bond motifs is 1. The molecular formula is C16H22N2O2. The summed E-state index contributed by atoms with van der Waals surface area (Å²) >= 11 is 0. The highest BCUT2D eigenvalue weighted by atomic mass is 16.5. The molecule has 1 heterocycles. The number of anilines is 1. The minimum Gasteiger partial charge on any atom is -0.490 e. The molecule has 1 fully saturated rings. The van der Waals surface area contributed by atoms with Crippen molar-refractivity contribution in [3.63, 3.8) is 0 Å². The van der Waals surface area contributed by atoms with Crippen LogP contribution in [-0.2, 0) is 4.79 Å². The minimum absolute atomic E-state index is 0.00844. The first-order chi connectivity index (χ1) is 9.78. The first-order valence-electron chi connectivity index (χ1n) is 7.56. The van der Waals surface area contributed by atoms with E-state index in [1.165, 1.54) is 25.7 Å². The molecular weight excluding hydrogens is 252 g/mol. The molecule has 1 atom stereocenters. The van der Waals surface area contributed by atoms with Crippen molar-refractivity contribution in [1.82, 2.24) is 5.32 Å². The number of rotatable bonds is 3. The lowest BCUT2D eigenvalue weighted by atomic mass is 10.1. The van der Waals surface area contributed by atoms with E-state index < -0.39 is 0 Å². The summed E-state index contributed by atoms with van der Waals surface area (Å²) in [6, 6.07) is 5.68. The molecule has 1 aromatic rings. The highest BCUT2D eigenvalue weighted by Gasteiger charge is 2.29. The van der Waals surface area contributed by atoms with E-state index in [-0.39, 0.29) is 11.9 Å². The predicted molar refractivity (Wildman–Crippen MR) is 79.0 cm³/mol. The molecule has 4 nitrogen and oxygen atoms in total. The average molecular weight is 274 g/mol. The van der Waals surface area contributed by atoms with Crippen LogP contribution in [-0.4, -0.2) is 19.1 Å². The largest absolute Gasteiger partial charge is 0.490 e. The SMILES string of the molecule is CNC1C(=O)Nc2cc(OC3CCCCCC3)ccc21. The molecule has 1 saturated carbocycles. The number of carbonyl (C=O) groups is 1. The smallest absolute Gasteiger partial charge is 0.246 e. The second kappa shape index (κ2) is 5.83. The van der Waals surface area contributed by atoms with Crippen molar-refractivity contribution in [2.45, 2.75) is 50.7 Å². The summed E-state index contributed by atoms with van der Waals surface area (Å²) in [6.45, 7) is 0. The Bertz CT molecular complexity index is 493. The van der Waals surface area contributed by atoms with Crippen LogP contribution in [0.1, 0.15) is 50.1 Å². The van der Waals surface area contributed by atoms with E-state index in [0.29, 0.717) is 6.10 Å². The normalized spacial score (nSPS) is 23.1. The Hall–Kier alpha value is -1.55. The molecule has 2 aliphatic rings. The monoisotopic (exact) mass is 274 g/mol. The molecule has 1 aliphatic carbocycles. The van der Waals surface area contributed by atoms with Crippen molar-refractivity contribution in [1.29, 1.82) is 0 Å². The Labute approximate surface area is 119 Å². The Morgan fingerprint density at radius 3 is 2.65 bits per heavy atom. The average Bonchev–Trinajstić information content (AvgIpc) is 2.61. The molecule has 1 aliphatic heterocycles. The molecule has 4 heteroatoms. The van der Waals surface area contributed by atoms with Gasteiger partial charge >= 0.3 is 0 Å². The fraction of sp³-hybridized carbons (Fsp3) is 0.562. The predicted octanol–water partition coefficient (Wildman–Crippen LogP) is 3.00. The summed E-state index contributed by atoms with van der Waals surface area (Å²) in [5.41, 5.74) is 1.88. The third kappa shape index (κ3) is 2.66. The first kappa shape index (κ1) is 13.4. The lowest BCUT2D eigenvalue weighted by molar-refractivity contribution is -0.117. The zero-order valence-electron chi connectivity index (χ0n) is 11.9. The van der Waals surface area contributed by atoms with Gasteiger partial charge in [0.1, 0.15) is 11.8 Å². The molecule has 3 rings (SSSR count). The molecule has 1 unspecified atom stereocenters. The van der Waals surface area contributed by atoms with E-state index in [1.807, 2.05) is 18.2 Å². The summed E-state index contributed by atoms with van der Waals surface area (Å²) in [5, 5.41) is 5.93. The highest BCUT2D eigenvalue weighted by Crippen LogP contribution is 2.34. The molecule has 2 N–H and O–H groups in total. The standard InChI is InChI=1S/C16H22N2O2/c1-17-15-13-9-8-12(10-14(13)18-16(15)19)20-11-6-4-2-3-5-7-11/h8-11,15,17H,2-7H2,1H3,(H,18,19). The molecule has 108 valence electrons. The van der Waals surface area contributed by atoms with Gasteiger partial charge in [-0.15, -0.1) is 0 Å². The molecule has 0 aromatic heterocycles. The van der Waals surface area contributed by atoms with Gasteiger partial charge in [-0.1, -0.05) is 18.9 Å². The third-order valence-electron chi connectivity index (χ3n) is 4.25. The van der Waals surface area contributed by atoms with Crippen molar-refractivity contribution in [3.8, 4) is 5.75 Å². The van der Waals surface area contributed by atoms with E-state index in [1.54, 1.807) is 7.05 Å². The molecule has 1 aromatic carbocycles. The Morgan fingerprint density at radius 1 is 1.20 bits per heavy atom. The number of carbonyl (C=O) groups excluding carboxylic acids is 1. The van der Waals surface area contributed by atoms with Crippen molar-refractivity contribution in [2.24, 2.45) is 0 Å². The van der Waals surface area contributed by atoms with Crippen LogP contribution in [0.15, 0.2) is 18.2 Å². The molecule has 20 heavy (non-hydrogen) atoms. The van der Waals surface area contributed by atoms with Gasteiger partial charge in [0.05, 0.1) is 6.10 Å². The van der Waals surface area contributed by atoms with Crippen molar-refractivity contribution in [3.05, 3.63) is 23.8 Å². The summed E-state index contributed by atoms with van der Waals surface area (Å²) < 4.78 is 6.09. The van der Waals surface area contributed by atoms with E-state index in [9.17, 15) is 4.79 Å². The van der Waals surface area contributed by atoms with Gasteiger partial charge in [0.25, 0.3) is 0 Å². The van der Waals surface area contributed by atoms with Crippen LogP contribution >= 0.6 is 0 Å². The van der Waals surface area contributed by atoms with Crippen LogP contribution < -0.4 is 15.4 Å². The minimum atomic E-state index is -0.239. The number of hydrogen-bond donors (Lipinski definition) is 2. The van der Waals surface area contributed by atoms with Gasteiger partial charge in [-0.2, -0.15) is 0 Å². The molecule has 0 bridgehead atoms. The maximum absolute atomic E-state index is 11.8. The first-order valence-corrected chi connectivity index (χ1v) is 7.56. The van der Waals surface area contributed by atoms with E-state index in [4.69, 9.17) is 4.74 Å². The summed E-state index contributed by atoms with van der Waals surface area (Å²) in [4.78, 5) is 11.8. The van der Waals surface area contributed by atoms with Gasteiger partial charge in [-0.3, -0.25) is 4.79 Å². The quantitative estimate of drug-likeness (QED) is 0.833. The maximum Gasteiger partial charge on any atom is 0.246 e. The van der Waals surface area contributed by atoms with E-state index >= 15 is 0 Å². The zero-order chi connectivity index (χ0) is 13.9. The van der Waals surface area contributed by atoms with Crippen molar-refractivity contribution in [2.75, 3.05) is 12.4 Å². The second-order valence-corrected chi connectivity index (χ2v) is 5.69. The molecule has 1 amide bonds. The third-order valence-corrected chi connectivity index (χ3v) is 4.25. The lowest BCUT2D eigenvalue weighted by Gasteiger charge is -2.17. The summed E-state index contributed by atoms with van der Waals surface area (Å²) in [5.74, 6) is 0.877. The fourth-order valence-corrected chi connectivity index (χ4v) is 3.15. The summed E-state index contributed by atoms with van der Waals surface area (Å²) in [6.07, 6.45) is 7.77. The van der Waals surface area contributed by atoms with Crippen LogP contribution in [0.3, 0.4) is 0 Å². The van der Waals surface area contributed by atoms with Crippen LogP contribution in [0.4, 0.5) is 5.69 Å². The fourth-order valence-electron chi connectivity index (χ4n) is 3.15. The lowest BCUT2D eigenvalue weighted by Crippen LogP contribution is -2.23. The molecule has 0 spiro atoms.